The van der Waals surface area contributed by atoms with Crippen molar-refractivity contribution >= 4 is 0 Å². The van der Waals surface area contributed by atoms with E-state index in [2.05, 4.69) is 16.3 Å². The van der Waals surface area contributed by atoms with Crippen LogP contribution >= 0.6 is 0 Å². The molecule has 0 atom stereocenters. The molecule has 10 heavy (non-hydrogen) atoms. The summed E-state index contributed by atoms with van der Waals surface area (Å²) >= 11 is 0. The van der Waals surface area contributed by atoms with Gasteiger partial charge in [0.05, 0.1) is 11.4 Å². The van der Waals surface area contributed by atoms with E-state index in [1.807, 2.05) is 13.0 Å². The van der Waals surface area contributed by atoms with E-state index in [0.717, 1.165) is 11.6 Å². The summed E-state index contributed by atoms with van der Waals surface area (Å²) in [6.07, 6.45) is 2.61. The maximum absolute atomic E-state index is 4.09. The predicted molar refractivity (Wildman–Crippen MR) is 38.7 cm³/mol. The van der Waals surface area contributed by atoms with Crippen molar-refractivity contribution in [3.63, 3.8) is 0 Å². The standard InChI is InChI=1S/C8H10N2/c1-6-2-5-8(10-9-6)7-3-4-7/h2,5,7H,3-4H2,1H3. The van der Waals surface area contributed by atoms with E-state index >= 15 is 0 Å². The molecule has 52 valence electrons. The Kier molecular flexibility index (Phi) is 1.19. The fourth-order valence-corrected chi connectivity index (χ4v) is 1.01. The van der Waals surface area contributed by atoms with Crippen LogP contribution in [0.25, 0.3) is 0 Å². The van der Waals surface area contributed by atoms with E-state index in [0.29, 0.717) is 0 Å². The Hall–Kier alpha value is -0.920. The Balaban J connectivity index is 2.28. The minimum atomic E-state index is 0.730. The third-order valence-electron chi connectivity index (χ3n) is 1.81. The predicted octanol–water partition coefficient (Wildman–Crippen LogP) is 1.66. The first kappa shape index (κ1) is 5.83. The van der Waals surface area contributed by atoms with Crippen molar-refractivity contribution in [3.8, 4) is 0 Å². The lowest BCUT2D eigenvalue weighted by Crippen LogP contribution is -1.90. The van der Waals surface area contributed by atoms with E-state index in [9.17, 15) is 0 Å². The van der Waals surface area contributed by atoms with Gasteiger partial charge < -0.3 is 0 Å². The van der Waals surface area contributed by atoms with E-state index in [1.165, 1.54) is 18.5 Å². The highest BCUT2D eigenvalue weighted by molar-refractivity contribution is 5.14. The van der Waals surface area contributed by atoms with Crippen LogP contribution in [0.4, 0.5) is 0 Å². The normalized spacial score (nSPS) is 17.3. The second-order valence-electron chi connectivity index (χ2n) is 2.87. The van der Waals surface area contributed by atoms with Crippen molar-refractivity contribution in [2.45, 2.75) is 25.7 Å². The molecule has 1 aromatic heterocycles. The molecule has 2 heteroatoms. The molecule has 0 bridgehead atoms. The van der Waals surface area contributed by atoms with Gasteiger partial charge in [-0.3, -0.25) is 0 Å². The van der Waals surface area contributed by atoms with Gasteiger partial charge in [-0.2, -0.15) is 10.2 Å². The SMILES string of the molecule is Cc1ccc(C2CC2)nn1. The van der Waals surface area contributed by atoms with Crippen LogP contribution < -0.4 is 0 Å². The molecule has 1 heterocycles. The van der Waals surface area contributed by atoms with Gasteiger partial charge in [0.25, 0.3) is 0 Å². The molecule has 2 nitrogen and oxygen atoms in total. The van der Waals surface area contributed by atoms with E-state index in [-0.39, 0.29) is 0 Å². The second-order valence-corrected chi connectivity index (χ2v) is 2.87. The van der Waals surface area contributed by atoms with Gasteiger partial charge in [0.2, 0.25) is 0 Å². The fraction of sp³-hybridized carbons (Fsp3) is 0.500. The lowest BCUT2D eigenvalue weighted by molar-refractivity contribution is 0.885. The number of aryl methyl sites for hydroxylation is 1. The summed E-state index contributed by atoms with van der Waals surface area (Å²) in [5.74, 6) is 0.730. The molecule has 0 N–H and O–H groups in total. The second kappa shape index (κ2) is 2.04. The average molecular weight is 134 g/mol. The first-order valence-electron chi connectivity index (χ1n) is 3.66. The Morgan fingerprint density at radius 1 is 1.30 bits per heavy atom. The molecule has 1 aliphatic rings. The molecule has 0 spiro atoms. The van der Waals surface area contributed by atoms with Gasteiger partial charge >= 0.3 is 0 Å². The quantitative estimate of drug-likeness (QED) is 0.583. The van der Waals surface area contributed by atoms with E-state index in [1.54, 1.807) is 0 Å². The average Bonchev–Trinajstić information content (AvgIpc) is 2.71. The summed E-state index contributed by atoms with van der Waals surface area (Å²) in [7, 11) is 0. The maximum Gasteiger partial charge on any atom is 0.0662 e. The maximum atomic E-state index is 4.09. The van der Waals surface area contributed by atoms with Crippen molar-refractivity contribution in [1.82, 2.24) is 10.2 Å². The first-order chi connectivity index (χ1) is 4.86. The van der Waals surface area contributed by atoms with Crippen LogP contribution in [0.1, 0.15) is 30.1 Å². The Bertz CT molecular complexity index is 224. The van der Waals surface area contributed by atoms with Gasteiger partial charge in [0.1, 0.15) is 0 Å². The fourth-order valence-electron chi connectivity index (χ4n) is 1.01. The number of hydrogen-bond donors (Lipinski definition) is 0. The Morgan fingerprint density at radius 3 is 2.60 bits per heavy atom. The summed E-state index contributed by atoms with van der Waals surface area (Å²) in [5.41, 5.74) is 2.18. The summed E-state index contributed by atoms with van der Waals surface area (Å²) in [6.45, 7) is 1.96. The highest BCUT2D eigenvalue weighted by Crippen LogP contribution is 2.38. The molecule has 0 aromatic carbocycles. The molecular formula is C8H10N2. The summed E-state index contributed by atoms with van der Waals surface area (Å²) < 4.78 is 0. The molecule has 1 aromatic rings. The lowest BCUT2D eigenvalue weighted by atomic mass is 10.2. The van der Waals surface area contributed by atoms with Crippen molar-refractivity contribution in [3.05, 3.63) is 23.5 Å². The largest absolute Gasteiger partial charge is 0.156 e. The van der Waals surface area contributed by atoms with Gasteiger partial charge in [-0.1, -0.05) is 0 Å². The van der Waals surface area contributed by atoms with Crippen LogP contribution in [-0.2, 0) is 0 Å². The molecular weight excluding hydrogens is 124 g/mol. The number of nitrogens with zero attached hydrogens (tertiary/aromatic N) is 2. The molecule has 1 fully saturated rings. The van der Waals surface area contributed by atoms with Gasteiger partial charge in [-0.25, -0.2) is 0 Å². The highest BCUT2D eigenvalue weighted by Gasteiger charge is 2.24. The zero-order valence-corrected chi connectivity index (χ0v) is 6.04. The molecule has 0 unspecified atom stereocenters. The molecule has 1 aliphatic carbocycles. The number of aromatic nitrogens is 2. The third-order valence-corrected chi connectivity index (χ3v) is 1.81. The van der Waals surface area contributed by atoms with Gasteiger partial charge in [0.15, 0.2) is 0 Å². The molecule has 0 amide bonds. The van der Waals surface area contributed by atoms with Gasteiger partial charge in [-0.15, -0.1) is 0 Å². The topological polar surface area (TPSA) is 25.8 Å². The lowest BCUT2D eigenvalue weighted by Gasteiger charge is -1.93. The van der Waals surface area contributed by atoms with Crippen LogP contribution in [0.2, 0.25) is 0 Å². The first-order valence-corrected chi connectivity index (χ1v) is 3.66. The van der Waals surface area contributed by atoms with E-state index in [4.69, 9.17) is 0 Å². The van der Waals surface area contributed by atoms with Crippen molar-refractivity contribution in [1.29, 1.82) is 0 Å². The number of hydrogen-bond acceptors (Lipinski definition) is 2. The molecule has 0 radical (unpaired) electrons. The smallest absolute Gasteiger partial charge is 0.0662 e. The summed E-state index contributed by atoms with van der Waals surface area (Å²) in [4.78, 5) is 0. The number of rotatable bonds is 1. The third kappa shape index (κ3) is 1.01. The zero-order valence-electron chi connectivity index (χ0n) is 6.04. The van der Waals surface area contributed by atoms with Crippen LogP contribution in [0.5, 0.6) is 0 Å². The van der Waals surface area contributed by atoms with Crippen LogP contribution in [0, 0.1) is 6.92 Å². The minimum absolute atomic E-state index is 0.730. The van der Waals surface area contributed by atoms with Crippen LogP contribution in [0.15, 0.2) is 12.1 Å². The van der Waals surface area contributed by atoms with Gasteiger partial charge in [0, 0.05) is 5.92 Å². The minimum Gasteiger partial charge on any atom is -0.156 e. The van der Waals surface area contributed by atoms with Crippen molar-refractivity contribution < 1.29 is 0 Å². The van der Waals surface area contributed by atoms with Crippen LogP contribution in [-0.4, -0.2) is 10.2 Å². The van der Waals surface area contributed by atoms with Crippen LogP contribution in [0.3, 0.4) is 0 Å². The van der Waals surface area contributed by atoms with Gasteiger partial charge in [-0.05, 0) is 31.9 Å². The van der Waals surface area contributed by atoms with Crippen molar-refractivity contribution in [2.24, 2.45) is 0 Å². The summed E-state index contributed by atoms with van der Waals surface area (Å²) in [5, 5.41) is 8.08. The van der Waals surface area contributed by atoms with E-state index < -0.39 is 0 Å². The molecule has 1 saturated carbocycles. The molecule has 0 saturated heterocycles. The Morgan fingerprint density at radius 2 is 2.10 bits per heavy atom. The molecule has 2 rings (SSSR count). The molecule has 0 aliphatic heterocycles. The Labute approximate surface area is 60.3 Å². The zero-order chi connectivity index (χ0) is 6.97. The summed E-state index contributed by atoms with van der Waals surface area (Å²) in [6, 6.07) is 4.11. The van der Waals surface area contributed by atoms with Crippen molar-refractivity contribution in [2.75, 3.05) is 0 Å². The monoisotopic (exact) mass is 134 g/mol. The highest BCUT2D eigenvalue weighted by atomic mass is 15.1.